The molecule has 1 aliphatic rings. The molecular weight excluding hydrogens is 300 g/mol. The fourth-order valence-electron chi connectivity index (χ4n) is 1.93. The largest absolute Gasteiger partial charge is 0.374 e. The number of nitrogens with one attached hydrogen (secondary N) is 1. The van der Waals surface area contributed by atoms with Crippen LogP contribution in [0.2, 0.25) is 0 Å². The van der Waals surface area contributed by atoms with Crippen molar-refractivity contribution in [1.82, 2.24) is 5.06 Å². The van der Waals surface area contributed by atoms with Gasteiger partial charge in [-0.25, -0.2) is 13.2 Å². The van der Waals surface area contributed by atoms with Crippen LogP contribution < -0.4 is 5.32 Å². The van der Waals surface area contributed by atoms with Crippen LogP contribution >= 0.6 is 0 Å². The second kappa shape index (κ2) is 5.43. The zero-order chi connectivity index (χ0) is 15.8. The minimum Gasteiger partial charge on any atom is -0.374 e. The van der Waals surface area contributed by atoms with Crippen molar-refractivity contribution in [3.05, 3.63) is 24.3 Å². The summed E-state index contributed by atoms with van der Waals surface area (Å²) in [7, 11) is -2.24. The molecule has 114 valence electrons. The van der Waals surface area contributed by atoms with Gasteiger partial charge >= 0.3 is 5.97 Å². The first-order valence-corrected chi connectivity index (χ1v) is 7.83. The van der Waals surface area contributed by atoms with E-state index in [0.717, 1.165) is 11.3 Å². The van der Waals surface area contributed by atoms with E-state index in [1.54, 1.807) is 6.07 Å². The molecule has 2 atom stereocenters. The Bertz CT molecular complexity index is 687. The van der Waals surface area contributed by atoms with Crippen molar-refractivity contribution < 1.29 is 28.0 Å². The van der Waals surface area contributed by atoms with Crippen LogP contribution in [-0.4, -0.2) is 50.0 Å². The quantitative estimate of drug-likeness (QED) is 0.714. The third-order valence-corrected chi connectivity index (χ3v) is 4.14. The number of anilines is 1. The normalized spacial score (nSPS) is 22.9. The standard InChI is InChI=1S/C12H14N2O6S/c1-14-11(16)9(12(17)20-14)10(15)13-7-5-3-4-6-8(7)21(2,18)19/h3-6,9,11,16H,1-2H3,(H,13,15). The molecule has 1 aromatic carbocycles. The van der Waals surface area contributed by atoms with Gasteiger partial charge in [-0.1, -0.05) is 12.1 Å². The molecule has 9 heteroatoms. The molecule has 2 rings (SSSR count). The van der Waals surface area contributed by atoms with Crippen molar-refractivity contribution in [2.45, 2.75) is 11.1 Å². The number of hydrogen-bond donors (Lipinski definition) is 2. The van der Waals surface area contributed by atoms with Gasteiger partial charge in [0.25, 0.3) is 0 Å². The first kappa shape index (κ1) is 15.4. The topological polar surface area (TPSA) is 113 Å². The molecular formula is C12H14N2O6S. The van der Waals surface area contributed by atoms with Crippen LogP contribution in [0.5, 0.6) is 0 Å². The highest BCUT2D eigenvalue weighted by atomic mass is 32.2. The highest BCUT2D eigenvalue weighted by molar-refractivity contribution is 7.90. The lowest BCUT2D eigenvalue weighted by Crippen LogP contribution is -2.37. The van der Waals surface area contributed by atoms with Crippen LogP contribution in [0.15, 0.2) is 29.2 Å². The Kier molecular flexibility index (Phi) is 3.99. The molecule has 0 saturated carbocycles. The molecule has 21 heavy (non-hydrogen) atoms. The molecule has 0 spiro atoms. The maximum atomic E-state index is 12.1. The van der Waals surface area contributed by atoms with Gasteiger partial charge < -0.3 is 15.3 Å². The Morgan fingerprint density at radius 3 is 2.52 bits per heavy atom. The highest BCUT2D eigenvalue weighted by Crippen LogP contribution is 2.24. The molecule has 0 aliphatic carbocycles. The van der Waals surface area contributed by atoms with Gasteiger partial charge in [0.2, 0.25) is 5.91 Å². The number of aliphatic hydroxyl groups excluding tert-OH is 1. The summed E-state index contributed by atoms with van der Waals surface area (Å²) in [5.74, 6) is -3.19. The number of carbonyl (C=O) groups is 2. The molecule has 1 heterocycles. The fourth-order valence-corrected chi connectivity index (χ4v) is 2.77. The summed E-state index contributed by atoms with van der Waals surface area (Å²) in [6.45, 7) is 0. The lowest BCUT2D eigenvalue weighted by molar-refractivity contribution is -0.183. The molecule has 1 amide bonds. The fraction of sp³-hybridized carbons (Fsp3) is 0.333. The minimum absolute atomic E-state index is 0.0413. The Balaban J connectivity index is 2.28. The van der Waals surface area contributed by atoms with E-state index in [-0.39, 0.29) is 10.6 Å². The van der Waals surface area contributed by atoms with E-state index >= 15 is 0 Å². The molecule has 2 N–H and O–H groups in total. The number of hydroxylamine groups is 2. The van der Waals surface area contributed by atoms with Crippen molar-refractivity contribution in [1.29, 1.82) is 0 Å². The molecule has 0 bridgehead atoms. The summed E-state index contributed by atoms with van der Waals surface area (Å²) >= 11 is 0. The number of amides is 1. The number of benzene rings is 1. The average Bonchev–Trinajstić information content (AvgIpc) is 2.62. The zero-order valence-corrected chi connectivity index (χ0v) is 12.1. The molecule has 1 aromatic rings. The third-order valence-electron chi connectivity index (χ3n) is 2.99. The number of nitrogens with zero attached hydrogens (tertiary/aromatic N) is 1. The zero-order valence-electron chi connectivity index (χ0n) is 11.3. The smallest absolute Gasteiger partial charge is 0.341 e. The molecule has 1 fully saturated rings. The van der Waals surface area contributed by atoms with Crippen LogP contribution in [0.4, 0.5) is 5.69 Å². The number of hydrogen-bond acceptors (Lipinski definition) is 7. The van der Waals surface area contributed by atoms with Crippen molar-refractivity contribution in [3.8, 4) is 0 Å². The van der Waals surface area contributed by atoms with Gasteiger partial charge in [-0.3, -0.25) is 4.79 Å². The van der Waals surface area contributed by atoms with Crippen LogP contribution in [0, 0.1) is 5.92 Å². The lowest BCUT2D eigenvalue weighted by Gasteiger charge is -2.14. The number of carbonyl (C=O) groups excluding carboxylic acids is 2. The summed E-state index contributed by atoms with van der Waals surface area (Å²) < 4.78 is 23.3. The summed E-state index contributed by atoms with van der Waals surface area (Å²) in [6.07, 6.45) is -0.423. The summed E-state index contributed by atoms with van der Waals surface area (Å²) in [6, 6.07) is 5.78. The van der Waals surface area contributed by atoms with E-state index in [1.165, 1.54) is 25.2 Å². The Morgan fingerprint density at radius 2 is 2.00 bits per heavy atom. The van der Waals surface area contributed by atoms with E-state index in [0.29, 0.717) is 0 Å². The van der Waals surface area contributed by atoms with Gasteiger partial charge in [0.1, 0.15) is 0 Å². The molecule has 8 nitrogen and oxygen atoms in total. The molecule has 0 radical (unpaired) electrons. The molecule has 1 aliphatic heterocycles. The van der Waals surface area contributed by atoms with Gasteiger partial charge in [0.05, 0.1) is 10.6 Å². The first-order chi connectivity index (χ1) is 9.71. The molecule has 0 aromatic heterocycles. The van der Waals surface area contributed by atoms with E-state index in [2.05, 4.69) is 10.2 Å². The van der Waals surface area contributed by atoms with Crippen LogP contribution in [-0.2, 0) is 24.3 Å². The van der Waals surface area contributed by atoms with Crippen LogP contribution in [0.25, 0.3) is 0 Å². The third kappa shape index (κ3) is 3.04. The van der Waals surface area contributed by atoms with Crippen LogP contribution in [0.3, 0.4) is 0 Å². The van der Waals surface area contributed by atoms with Gasteiger partial charge in [0.15, 0.2) is 22.0 Å². The predicted molar refractivity (Wildman–Crippen MR) is 71.5 cm³/mol. The number of rotatable bonds is 3. The molecule has 1 saturated heterocycles. The van der Waals surface area contributed by atoms with Gasteiger partial charge in [0, 0.05) is 13.3 Å². The number of para-hydroxylation sites is 1. The minimum atomic E-state index is -3.54. The summed E-state index contributed by atoms with van der Waals surface area (Å²) in [4.78, 5) is 28.1. The van der Waals surface area contributed by atoms with Crippen LogP contribution in [0.1, 0.15) is 0 Å². The van der Waals surface area contributed by atoms with Gasteiger partial charge in [-0.05, 0) is 12.1 Å². The maximum Gasteiger partial charge on any atom is 0.341 e. The number of aliphatic hydroxyl groups is 1. The number of sulfone groups is 1. The van der Waals surface area contributed by atoms with E-state index < -0.39 is 33.9 Å². The second-order valence-electron chi connectivity index (χ2n) is 4.61. The van der Waals surface area contributed by atoms with Crippen molar-refractivity contribution in [3.63, 3.8) is 0 Å². The maximum absolute atomic E-state index is 12.1. The Labute approximate surface area is 121 Å². The monoisotopic (exact) mass is 314 g/mol. The average molecular weight is 314 g/mol. The Hall–Kier alpha value is -1.97. The summed E-state index contributed by atoms with van der Waals surface area (Å²) in [5.41, 5.74) is 0.0413. The van der Waals surface area contributed by atoms with E-state index in [4.69, 9.17) is 0 Å². The van der Waals surface area contributed by atoms with E-state index in [1.807, 2.05) is 0 Å². The SMILES string of the molecule is CN1OC(=O)C(C(=O)Nc2ccccc2S(C)(=O)=O)C1O. The summed E-state index contributed by atoms with van der Waals surface area (Å²) in [5, 5.41) is 12.9. The second-order valence-corrected chi connectivity index (χ2v) is 6.59. The molecule has 2 unspecified atom stereocenters. The Morgan fingerprint density at radius 1 is 1.38 bits per heavy atom. The van der Waals surface area contributed by atoms with Gasteiger partial charge in [-0.2, -0.15) is 0 Å². The van der Waals surface area contributed by atoms with Crippen molar-refractivity contribution in [2.75, 3.05) is 18.6 Å². The highest BCUT2D eigenvalue weighted by Gasteiger charge is 2.45. The van der Waals surface area contributed by atoms with E-state index in [9.17, 15) is 23.1 Å². The predicted octanol–water partition coefficient (Wildman–Crippen LogP) is -0.633. The lowest BCUT2D eigenvalue weighted by atomic mass is 10.1. The van der Waals surface area contributed by atoms with Crippen molar-refractivity contribution in [2.24, 2.45) is 5.92 Å². The van der Waals surface area contributed by atoms with Gasteiger partial charge in [-0.15, -0.1) is 5.06 Å². The van der Waals surface area contributed by atoms with Crippen molar-refractivity contribution >= 4 is 27.4 Å². The first-order valence-electron chi connectivity index (χ1n) is 5.94.